The van der Waals surface area contributed by atoms with E-state index in [0.29, 0.717) is 37.4 Å². The van der Waals surface area contributed by atoms with Crippen LogP contribution in [0.1, 0.15) is 67.1 Å². The second kappa shape index (κ2) is 9.00. The Labute approximate surface area is 167 Å². The first kappa shape index (κ1) is 20.1. The van der Waals surface area contributed by atoms with Crippen LogP contribution in [0.3, 0.4) is 0 Å². The molecule has 1 aromatic carbocycles. The van der Waals surface area contributed by atoms with E-state index < -0.39 is 0 Å². The Balaban J connectivity index is 1.51. The molecule has 1 aromatic heterocycles. The van der Waals surface area contributed by atoms with Gasteiger partial charge in [-0.3, -0.25) is 14.6 Å². The van der Waals surface area contributed by atoms with Crippen molar-refractivity contribution in [2.75, 3.05) is 13.1 Å². The molecule has 0 bridgehead atoms. The molecule has 2 heterocycles. The van der Waals surface area contributed by atoms with Gasteiger partial charge in [0, 0.05) is 37.0 Å². The van der Waals surface area contributed by atoms with Crippen LogP contribution in [0.2, 0.25) is 0 Å². The minimum atomic E-state index is -0.0427. The van der Waals surface area contributed by atoms with Gasteiger partial charge >= 0.3 is 0 Å². The highest BCUT2D eigenvalue weighted by Crippen LogP contribution is 2.22. The fraction of sp³-hybridized carbons (Fsp3) is 0.435. The van der Waals surface area contributed by atoms with Crippen molar-refractivity contribution in [1.29, 1.82) is 0 Å². The predicted octanol–water partition coefficient (Wildman–Crippen LogP) is 3.93. The number of amides is 2. The molecule has 0 aliphatic carbocycles. The highest BCUT2D eigenvalue weighted by molar-refractivity contribution is 5.94. The third-order valence-corrected chi connectivity index (χ3v) is 5.54. The molecule has 1 saturated heterocycles. The summed E-state index contributed by atoms with van der Waals surface area (Å²) in [6.45, 7) is 7.58. The van der Waals surface area contributed by atoms with Gasteiger partial charge in [-0.2, -0.15) is 0 Å². The smallest absolute Gasteiger partial charge is 0.253 e. The lowest BCUT2D eigenvalue weighted by atomic mass is 9.94. The average molecular weight is 380 g/mol. The van der Waals surface area contributed by atoms with Crippen LogP contribution >= 0.6 is 0 Å². The molecule has 1 aliphatic rings. The fourth-order valence-electron chi connectivity index (χ4n) is 3.61. The Morgan fingerprint density at radius 3 is 2.11 bits per heavy atom. The summed E-state index contributed by atoms with van der Waals surface area (Å²) in [6, 6.07) is 11.9. The number of hydrogen-bond donors (Lipinski definition) is 1. The molecule has 2 aromatic rings. The minimum Gasteiger partial charge on any atom is -0.349 e. The van der Waals surface area contributed by atoms with Crippen molar-refractivity contribution < 1.29 is 9.59 Å². The molecule has 3 rings (SSSR count). The highest BCUT2D eigenvalue weighted by atomic mass is 16.2. The highest BCUT2D eigenvalue weighted by Gasteiger charge is 2.28. The van der Waals surface area contributed by atoms with Crippen molar-refractivity contribution in [3.8, 4) is 0 Å². The molecule has 28 heavy (non-hydrogen) atoms. The molecule has 0 radical (unpaired) electrons. The number of nitrogens with one attached hydrogen (secondary N) is 1. The summed E-state index contributed by atoms with van der Waals surface area (Å²) in [5.41, 5.74) is 3.06. The number of carbonyl (C=O) groups is 2. The van der Waals surface area contributed by atoms with E-state index in [1.54, 1.807) is 24.5 Å². The summed E-state index contributed by atoms with van der Waals surface area (Å²) in [5, 5.41) is 3.14. The predicted molar refractivity (Wildman–Crippen MR) is 110 cm³/mol. The number of rotatable bonds is 5. The number of pyridine rings is 1. The van der Waals surface area contributed by atoms with Gasteiger partial charge in [-0.15, -0.1) is 0 Å². The van der Waals surface area contributed by atoms with Crippen LogP contribution in [-0.2, 0) is 4.79 Å². The van der Waals surface area contributed by atoms with Crippen molar-refractivity contribution in [2.24, 2.45) is 5.92 Å². The van der Waals surface area contributed by atoms with E-state index in [9.17, 15) is 9.59 Å². The second-order valence-corrected chi connectivity index (χ2v) is 7.85. The summed E-state index contributed by atoms with van der Waals surface area (Å²) >= 11 is 0. The summed E-state index contributed by atoms with van der Waals surface area (Å²) < 4.78 is 0. The third-order valence-electron chi connectivity index (χ3n) is 5.54. The van der Waals surface area contributed by atoms with Crippen molar-refractivity contribution in [1.82, 2.24) is 15.2 Å². The van der Waals surface area contributed by atoms with Gasteiger partial charge in [-0.1, -0.05) is 38.1 Å². The lowest BCUT2D eigenvalue weighted by molar-refractivity contribution is -0.126. The SMILES string of the molecule is CC(C)c1ccc(C(C)NC(=O)C2CCN(C(=O)c3ccncc3)CC2)cc1. The fourth-order valence-corrected chi connectivity index (χ4v) is 3.61. The summed E-state index contributed by atoms with van der Waals surface area (Å²) in [4.78, 5) is 31.0. The first-order valence-corrected chi connectivity index (χ1v) is 10.0. The van der Waals surface area contributed by atoms with Gasteiger partial charge < -0.3 is 10.2 Å². The van der Waals surface area contributed by atoms with Crippen LogP contribution in [0, 0.1) is 5.92 Å². The molecule has 1 atom stereocenters. The minimum absolute atomic E-state index is 0.0138. The largest absolute Gasteiger partial charge is 0.349 e. The molecule has 1 aliphatic heterocycles. The molecular weight excluding hydrogens is 350 g/mol. The maximum atomic E-state index is 12.7. The Morgan fingerprint density at radius 1 is 0.964 bits per heavy atom. The van der Waals surface area contributed by atoms with Gasteiger partial charge in [0.15, 0.2) is 0 Å². The van der Waals surface area contributed by atoms with E-state index in [1.807, 2.05) is 11.8 Å². The van der Waals surface area contributed by atoms with Gasteiger partial charge in [-0.25, -0.2) is 0 Å². The molecule has 1 fully saturated rings. The van der Waals surface area contributed by atoms with Crippen LogP contribution in [-0.4, -0.2) is 34.8 Å². The van der Waals surface area contributed by atoms with Crippen LogP contribution in [0.25, 0.3) is 0 Å². The Kier molecular flexibility index (Phi) is 6.45. The zero-order valence-corrected chi connectivity index (χ0v) is 16.9. The number of aromatic nitrogens is 1. The van der Waals surface area contributed by atoms with Crippen molar-refractivity contribution >= 4 is 11.8 Å². The average Bonchev–Trinajstić information content (AvgIpc) is 2.74. The maximum Gasteiger partial charge on any atom is 0.253 e. The zero-order valence-electron chi connectivity index (χ0n) is 16.9. The molecule has 2 amide bonds. The van der Waals surface area contributed by atoms with Crippen LogP contribution in [0.5, 0.6) is 0 Å². The molecule has 148 valence electrons. The number of benzene rings is 1. The molecule has 1 N–H and O–H groups in total. The summed E-state index contributed by atoms with van der Waals surface area (Å²) in [7, 11) is 0. The lowest BCUT2D eigenvalue weighted by Crippen LogP contribution is -2.43. The molecular formula is C23H29N3O2. The van der Waals surface area contributed by atoms with E-state index in [4.69, 9.17) is 0 Å². The Bertz CT molecular complexity index is 794. The number of hydrogen-bond acceptors (Lipinski definition) is 3. The molecule has 0 spiro atoms. The number of likely N-dealkylation sites (tertiary alicyclic amines) is 1. The molecule has 0 saturated carbocycles. The normalized spacial score (nSPS) is 16.1. The van der Waals surface area contributed by atoms with E-state index in [2.05, 4.69) is 48.4 Å². The molecule has 5 nitrogen and oxygen atoms in total. The Hall–Kier alpha value is -2.69. The van der Waals surface area contributed by atoms with E-state index >= 15 is 0 Å². The molecule has 5 heteroatoms. The van der Waals surface area contributed by atoms with Crippen molar-refractivity contribution in [2.45, 2.75) is 45.6 Å². The standard InChI is InChI=1S/C23H29N3O2/c1-16(2)18-4-6-19(7-5-18)17(3)25-22(27)20-10-14-26(15-11-20)23(28)21-8-12-24-13-9-21/h4-9,12-13,16-17,20H,10-11,14-15H2,1-3H3,(H,25,27). The number of piperidine rings is 1. The van der Waals surface area contributed by atoms with E-state index in [-0.39, 0.29) is 23.8 Å². The first-order valence-electron chi connectivity index (χ1n) is 10.0. The third kappa shape index (κ3) is 4.77. The number of carbonyl (C=O) groups excluding carboxylic acids is 2. The van der Waals surface area contributed by atoms with Crippen LogP contribution in [0.4, 0.5) is 0 Å². The van der Waals surface area contributed by atoms with Gasteiger partial charge in [0.05, 0.1) is 6.04 Å². The van der Waals surface area contributed by atoms with Crippen molar-refractivity contribution in [3.63, 3.8) is 0 Å². The first-order chi connectivity index (χ1) is 13.5. The monoisotopic (exact) mass is 379 g/mol. The molecule has 1 unspecified atom stereocenters. The quantitative estimate of drug-likeness (QED) is 0.856. The number of nitrogens with zero attached hydrogens (tertiary/aromatic N) is 2. The van der Waals surface area contributed by atoms with Gasteiger partial charge in [0.1, 0.15) is 0 Å². The van der Waals surface area contributed by atoms with Gasteiger partial charge in [0.25, 0.3) is 5.91 Å². The lowest BCUT2D eigenvalue weighted by Gasteiger charge is -2.32. The topological polar surface area (TPSA) is 62.3 Å². The maximum absolute atomic E-state index is 12.7. The van der Waals surface area contributed by atoms with E-state index in [0.717, 1.165) is 5.56 Å². The van der Waals surface area contributed by atoms with Crippen LogP contribution < -0.4 is 5.32 Å². The van der Waals surface area contributed by atoms with E-state index in [1.165, 1.54) is 5.56 Å². The van der Waals surface area contributed by atoms with Gasteiger partial charge in [-0.05, 0) is 48.9 Å². The van der Waals surface area contributed by atoms with Crippen LogP contribution in [0.15, 0.2) is 48.8 Å². The zero-order chi connectivity index (χ0) is 20.1. The summed E-state index contributed by atoms with van der Waals surface area (Å²) in [5.74, 6) is 0.550. The Morgan fingerprint density at radius 2 is 1.54 bits per heavy atom. The second-order valence-electron chi connectivity index (χ2n) is 7.85. The van der Waals surface area contributed by atoms with Crippen molar-refractivity contribution in [3.05, 3.63) is 65.5 Å². The summed E-state index contributed by atoms with van der Waals surface area (Å²) in [6.07, 6.45) is 4.65. The van der Waals surface area contributed by atoms with Gasteiger partial charge in [0.2, 0.25) is 5.91 Å².